The highest BCUT2D eigenvalue weighted by atomic mass is 16.7. The Labute approximate surface area is 120 Å². The quantitative estimate of drug-likeness (QED) is 0.842. The van der Waals surface area contributed by atoms with Crippen LogP contribution in [0.25, 0.3) is 0 Å². The molecule has 0 unspecified atom stereocenters. The van der Waals surface area contributed by atoms with E-state index in [2.05, 4.69) is 11.1 Å². The number of nitrogens with zero attached hydrogens (tertiary/aromatic N) is 2. The molecule has 1 aromatic heterocycles. The molecular weight excluding hydrogens is 253 g/mol. The van der Waals surface area contributed by atoms with Gasteiger partial charge in [0.1, 0.15) is 0 Å². The number of rotatable bonds is 3. The summed E-state index contributed by atoms with van der Waals surface area (Å²) in [5.41, 5.74) is 7.16. The molecule has 20 heavy (non-hydrogen) atoms. The van der Waals surface area contributed by atoms with Crippen molar-refractivity contribution in [3.8, 4) is 6.07 Å². The van der Waals surface area contributed by atoms with Gasteiger partial charge in [-0.15, -0.1) is 0 Å². The van der Waals surface area contributed by atoms with Gasteiger partial charge in [-0.2, -0.15) is 5.26 Å². The Morgan fingerprint density at radius 2 is 1.90 bits per heavy atom. The highest BCUT2D eigenvalue weighted by molar-refractivity contribution is 6.61. The molecule has 0 amide bonds. The second kappa shape index (κ2) is 5.08. The molecule has 0 saturated carbocycles. The van der Waals surface area contributed by atoms with Crippen molar-refractivity contribution < 1.29 is 9.31 Å². The molecule has 2 rings (SSSR count). The van der Waals surface area contributed by atoms with Crippen LogP contribution in [0, 0.1) is 11.3 Å². The van der Waals surface area contributed by atoms with Gasteiger partial charge in [0.15, 0.2) is 0 Å². The molecule has 0 aromatic carbocycles. The Bertz CT molecular complexity index is 536. The summed E-state index contributed by atoms with van der Waals surface area (Å²) in [6.45, 7) is 8.00. The Morgan fingerprint density at radius 1 is 1.30 bits per heavy atom. The number of hydrogen-bond acceptors (Lipinski definition) is 5. The van der Waals surface area contributed by atoms with Crippen LogP contribution in [-0.4, -0.2) is 23.3 Å². The summed E-state index contributed by atoms with van der Waals surface area (Å²) in [5, 5.41) is 8.76. The molecule has 2 heterocycles. The van der Waals surface area contributed by atoms with Gasteiger partial charge in [-0.25, -0.2) is 0 Å². The number of hydrogen-bond donors (Lipinski definition) is 1. The summed E-state index contributed by atoms with van der Waals surface area (Å²) < 4.78 is 12.0. The maximum atomic E-state index is 8.76. The molecule has 0 bridgehead atoms. The van der Waals surface area contributed by atoms with Crippen LogP contribution in [0.1, 0.15) is 39.7 Å². The van der Waals surface area contributed by atoms with Gasteiger partial charge in [-0.05, 0) is 45.7 Å². The smallest absolute Gasteiger partial charge is 0.398 e. The number of nitrogens with two attached hydrogens (primary N) is 1. The predicted molar refractivity (Wildman–Crippen MR) is 78.3 cm³/mol. The first-order valence-corrected chi connectivity index (χ1v) is 6.74. The third kappa shape index (κ3) is 2.65. The van der Waals surface area contributed by atoms with E-state index in [1.807, 2.05) is 33.8 Å². The molecule has 6 heteroatoms. The summed E-state index contributed by atoms with van der Waals surface area (Å²) >= 11 is 0. The van der Waals surface area contributed by atoms with Crippen LogP contribution in [0.4, 0.5) is 5.69 Å². The minimum absolute atomic E-state index is 0.409. The topological polar surface area (TPSA) is 81.2 Å². The van der Waals surface area contributed by atoms with E-state index in [4.69, 9.17) is 20.3 Å². The zero-order valence-corrected chi connectivity index (χ0v) is 12.4. The third-order valence-corrected chi connectivity index (χ3v) is 4.01. The molecule has 0 atom stereocenters. The molecule has 1 aromatic rings. The standard InChI is InChI=1S/C14H20BN3O2/c1-13(2)14(3,4)20-15(19-13)12-10(6-5-7-16)8-11(17)9-18-12/h8-9H,5-6,17H2,1-4H3. The predicted octanol–water partition coefficient (Wildman–Crippen LogP) is 1.42. The van der Waals surface area contributed by atoms with Crippen molar-refractivity contribution >= 4 is 18.4 Å². The van der Waals surface area contributed by atoms with E-state index in [0.29, 0.717) is 24.1 Å². The fourth-order valence-corrected chi connectivity index (χ4v) is 2.10. The Kier molecular flexibility index (Phi) is 3.76. The van der Waals surface area contributed by atoms with Crippen LogP contribution in [0.3, 0.4) is 0 Å². The minimum atomic E-state index is -0.519. The monoisotopic (exact) mass is 273 g/mol. The van der Waals surface area contributed by atoms with E-state index < -0.39 is 18.3 Å². The van der Waals surface area contributed by atoms with Gasteiger partial charge in [-0.1, -0.05) is 0 Å². The molecule has 2 N–H and O–H groups in total. The van der Waals surface area contributed by atoms with Gasteiger partial charge < -0.3 is 15.0 Å². The number of aromatic nitrogens is 1. The lowest BCUT2D eigenvalue weighted by Crippen LogP contribution is -2.41. The van der Waals surface area contributed by atoms with Crippen molar-refractivity contribution in [2.45, 2.75) is 51.7 Å². The fraction of sp³-hybridized carbons (Fsp3) is 0.571. The van der Waals surface area contributed by atoms with E-state index in [1.165, 1.54) is 0 Å². The normalized spacial score (nSPS) is 19.9. The van der Waals surface area contributed by atoms with Gasteiger partial charge in [0.25, 0.3) is 0 Å². The van der Waals surface area contributed by atoms with E-state index in [-0.39, 0.29) is 0 Å². The molecule has 5 nitrogen and oxygen atoms in total. The molecule has 0 aliphatic carbocycles. The number of nitrogen functional groups attached to an aromatic ring is 1. The van der Waals surface area contributed by atoms with Crippen LogP contribution >= 0.6 is 0 Å². The SMILES string of the molecule is CC1(C)OB(c2ncc(N)cc2CCC#N)OC1(C)C. The summed E-state index contributed by atoms with van der Waals surface area (Å²) in [4.78, 5) is 4.36. The molecule has 1 aliphatic heterocycles. The average molecular weight is 273 g/mol. The number of pyridine rings is 1. The van der Waals surface area contributed by atoms with Gasteiger partial charge in [0.2, 0.25) is 0 Å². The molecule has 1 fully saturated rings. The maximum Gasteiger partial charge on any atom is 0.514 e. The number of anilines is 1. The van der Waals surface area contributed by atoms with Crippen LogP contribution in [0.15, 0.2) is 12.3 Å². The zero-order chi connectivity index (χ0) is 15.0. The van der Waals surface area contributed by atoms with Crippen molar-refractivity contribution in [2.24, 2.45) is 0 Å². The lowest BCUT2D eigenvalue weighted by atomic mass is 9.79. The van der Waals surface area contributed by atoms with Crippen LogP contribution in [-0.2, 0) is 15.7 Å². The molecular formula is C14H20BN3O2. The lowest BCUT2D eigenvalue weighted by molar-refractivity contribution is 0.00578. The second-order valence-electron chi connectivity index (χ2n) is 6.06. The van der Waals surface area contributed by atoms with E-state index in [9.17, 15) is 0 Å². The number of nitriles is 1. The summed E-state index contributed by atoms with van der Waals surface area (Å²) in [5.74, 6) is 0. The maximum absolute atomic E-state index is 8.76. The summed E-state index contributed by atoms with van der Waals surface area (Å²) in [6, 6.07) is 3.97. The number of aryl methyl sites for hydroxylation is 1. The highest BCUT2D eigenvalue weighted by Gasteiger charge is 2.52. The van der Waals surface area contributed by atoms with Crippen molar-refractivity contribution in [3.05, 3.63) is 17.8 Å². The zero-order valence-electron chi connectivity index (χ0n) is 12.4. The Morgan fingerprint density at radius 3 is 2.45 bits per heavy atom. The van der Waals surface area contributed by atoms with Gasteiger partial charge in [0.05, 0.1) is 28.6 Å². The Hall–Kier alpha value is -1.58. The van der Waals surface area contributed by atoms with Crippen molar-refractivity contribution in [2.75, 3.05) is 5.73 Å². The molecule has 0 spiro atoms. The van der Waals surface area contributed by atoms with Crippen molar-refractivity contribution in [3.63, 3.8) is 0 Å². The molecule has 0 radical (unpaired) electrons. The van der Waals surface area contributed by atoms with Crippen molar-refractivity contribution in [1.82, 2.24) is 4.98 Å². The molecule has 1 saturated heterocycles. The molecule has 106 valence electrons. The van der Waals surface area contributed by atoms with Gasteiger partial charge in [-0.3, -0.25) is 4.98 Å². The van der Waals surface area contributed by atoms with Crippen LogP contribution < -0.4 is 11.3 Å². The van der Waals surface area contributed by atoms with Crippen LogP contribution in [0.2, 0.25) is 0 Å². The lowest BCUT2D eigenvalue weighted by Gasteiger charge is -2.32. The minimum Gasteiger partial charge on any atom is -0.398 e. The first-order valence-electron chi connectivity index (χ1n) is 6.74. The first-order chi connectivity index (χ1) is 9.27. The van der Waals surface area contributed by atoms with Crippen LogP contribution in [0.5, 0.6) is 0 Å². The van der Waals surface area contributed by atoms with Crippen molar-refractivity contribution in [1.29, 1.82) is 5.26 Å². The van der Waals surface area contributed by atoms with E-state index in [0.717, 1.165) is 5.56 Å². The average Bonchev–Trinajstić information content (AvgIpc) is 2.55. The summed E-state index contributed by atoms with van der Waals surface area (Å²) in [6.07, 6.45) is 2.60. The summed E-state index contributed by atoms with van der Waals surface area (Å²) in [7, 11) is -0.519. The fourth-order valence-electron chi connectivity index (χ4n) is 2.10. The highest BCUT2D eigenvalue weighted by Crippen LogP contribution is 2.36. The Balaban J connectivity index is 2.32. The molecule has 1 aliphatic rings. The van der Waals surface area contributed by atoms with Gasteiger partial charge in [0, 0.05) is 12.6 Å². The first kappa shape index (κ1) is 14.8. The van der Waals surface area contributed by atoms with E-state index >= 15 is 0 Å². The largest absolute Gasteiger partial charge is 0.514 e. The third-order valence-electron chi connectivity index (χ3n) is 4.01. The van der Waals surface area contributed by atoms with Gasteiger partial charge >= 0.3 is 7.12 Å². The van der Waals surface area contributed by atoms with E-state index in [1.54, 1.807) is 6.20 Å². The second-order valence-corrected chi connectivity index (χ2v) is 6.06.